The van der Waals surface area contributed by atoms with Crippen molar-refractivity contribution in [1.29, 1.82) is 0 Å². The minimum absolute atomic E-state index is 0.778. The van der Waals surface area contributed by atoms with E-state index >= 15 is 0 Å². The molecule has 1 aliphatic rings. The molecule has 0 unspecified atom stereocenters. The molecule has 1 aromatic rings. The zero-order valence-corrected chi connectivity index (χ0v) is 17.5. The van der Waals surface area contributed by atoms with Crippen LogP contribution in [0.2, 0.25) is 5.02 Å². The first-order chi connectivity index (χ1) is 13.2. The number of nitrogens with one attached hydrogen (secondary N) is 2. The van der Waals surface area contributed by atoms with Crippen LogP contribution in [-0.2, 0) is 4.74 Å². The van der Waals surface area contributed by atoms with Crippen LogP contribution in [0.1, 0.15) is 19.8 Å². The SMILES string of the molecule is CCOCCCNC(=NC)NCCCN1CCN(c2cccc(Cl)c2)CC1. The van der Waals surface area contributed by atoms with E-state index in [4.69, 9.17) is 16.3 Å². The normalized spacial score (nSPS) is 15.8. The van der Waals surface area contributed by atoms with E-state index in [1.807, 2.05) is 32.2 Å². The van der Waals surface area contributed by atoms with E-state index in [-0.39, 0.29) is 0 Å². The summed E-state index contributed by atoms with van der Waals surface area (Å²) in [5.74, 6) is 0.872. The average Bonchev–Trinajstić information content (AvgIpc) is 2.70. The van der Waals surface area contributed by atoms with Crippen LogP contribution < -0.4 is 15.5 Å². The molecule has 152 valence electrons. The van der Waals surface area contributed by atoms with Crippen molar-refractivity contribution in [2.24, 2.45) is 4.99 Å². The average molecular weight is 396 g/mol. The standard InChI is InChI=1S/C20H34ClN5O/c1-3-27-16-6-10-24-20(22-2)23-9-5-11-25-12-14-26(15-13-25)19-8-4-7-18(21)17-19/h4,7-8,17H,3,5-6,9-16H2,1-2H3,(H2,22,23,24). The third-order valence-corrected chi connectivity index (χ3v) is 4.91. The highest BCUT2D eigenvalue weighted by Gasteiger charge is 2.16. The van der Waals surface area contributed by atoms with Crippen molar-refractivity contribution in [2.75, 3.05) is 71.0 Å². The van der Waals surface area contributed by atoms with Crippen LogP contribution in [-0.4, -0.2) is 76.9 Å². The molecule has 0 spiro atoms. The summed E-state index contributed by atoms with van der Waals surface area (Å²) in [6.45, 7) is 10.8. The zero-order valence-electron chi connectivity index (χ0n) is 16.7. The maximum atomic E-state index is 6.10. The fourth-order valence-corrected chi connectivity index (χ4v) is 3.34. The lowest BCUT2D eigenvalue weighted by atomic mass is 10.2. The van der Waals surface area contributed by atoms with Crippen molar-refractivity contribution in [2.45, 2.75) is 19.8 Å². The van der Waals surface area contributed by atoms with Crippen LogP contribution in [0.25, 0.3) is 0 Å². The van der Waals surface area contributed by atoms with E-state index in [0.29, 0.717) is 0 Å². The summed E-state index contributed by atoms with van der Waals surface area (Å²) in [5.41, 5.74) is 1.23. The fourth-order valence-electron chi connectivity index (χ4n) is 3.16. The Morgan fingerprint density at radius 3 is 2.56 bits per heavy atom. The van der Waals surface area contributed by atoms with Gasteiger partial charge in [0.2, 0.25) is 0 Å². The Morgan fingerprint density at radius 2 is 1.89 bits per heavy atom. The minimum atomic E-state index is 0.778. The molecule has 2 rings (SSSR count). The summed E-state index contributed by atoms with van der Waals surface area (Å²) < 4.78 is 5.34. The van der Waals surface area contributed by atoms with Crippen LogP contribution in [0.5, 0.6) is 0 Å². The predicted molar refractivity (Wildman–Crippen MR) is 115 cm³/mol. The van der Waals surface area contributed by atoms with Gasteiger partial charge in [0.05, 0.1) is 0 Å². The van der Waals surface area contributed by atoms with Crippen LogP contribution in [0.3, 0.4) is 0 Å². The Hall–Kier alpha value is -1.50. The highest BCUT2D eigenvalue weighted by atomic mass is 35.5. The quantitative estimate of drug-likeness (QED) is 0.362. The Labute approximate surface area is 168 Å². The molecule has 0 bridgehead atoms. The van der Waals surface area contributed by atoms with Crippen molar-refractivity contribution in [3.8, 4) is 0 Å². The molecule has 1 saturated heterocycles. The molecule has 0 aromatic heterocycles. The third-order valence-electron chi connectivity index (χ3n) is 4.67. The molecule has 0 radical (unpaired) electrons. The van der Waals surface area contributed by atoms with Crippen molar-refractivity contribution in [1.82, 2.24) is 15.5 Å². The molecule has 0 saturated carbocycles. The van der Waals surface area contributed by atoms with Gasteiger partial charge in [-0.25, -0.2) is 0 Å². The summed E-state index contributed by atoms with van der Waals surface area (Å²) in [4.78, 5) is 9.20. The number of guanidine groups is 1. The van der Waals surface area contributed by atoms with Crippen molar-refractivity contribution < 1.29 is 4.74 Å². The van der Waals surface area contributed by atoms with Gasteiger partial charge in [-0.3, -0.25) is 9.89 Å². The number of piperazine rings is 1. The van der Waals surface area contributed by atoms with Gasteiger partial charge in [-0.15, -0.1) is 0 Å². The van der Waals surface area contributed by atoms with Gasteiger partial charge in [0.25, 0.3) is 0 Å². The number of hydrogen-bond acceptors (Lipinski definition) is 4. The summed E-state index contributed by atoms with van der Waals surface area (Å²) in [7, 11) is 1.81. The van der Waals surface area contributed by atoms with Gasteiger partial charge in [0.15, 0.2) is 5.96 Å². The van der Waals surface area contributed by atoms with E-state index in [1.54, 1.807) is 0 Å². The van der Waals surface area contributed by atoms with Gasteiger partial charge in [-0.2, -0.15) is 0 Å². The number of halogens is 1. The number of ether oxygens (including phenoxy) is 1. The zero-order chi connectivity index (χ0) is 19.3. The molecule has 0 aliphatic carbocycles. The lowest BCUT2D eigenvalue weighted by Gasteiger charge is -2.36. The van der Waals surface area contributed by atoms with E-state index in [1.165, 1.54) is 5.69 Å². The number of benzene rings is 1. The van der Waals surface area contributed by atoms with E-state index in [0.717, 1.165) is 82.9 Å². The second kappa shape index (κ2) is 12.8. The van der Waals surface area contributed by atoms with Crippen molar-refractivity contribution in [3.63, 3.8) is 0 Å². The number of aliphatic imine (C=N–C) groups is 1. The van der Waals surface area contributed by atoms with Crippen molar-refractivity contribution in [3.05, 3.63) is 29.3 Å². The summed E-state index contributed by atoms with van der Waals surface area (Å²) in [6.07, 6.45) is 2.10. The van der Waals surface area contributed by atoms with Gasteiger partial charge in [-0.1, -0.05) is 17.7 Å². The second-order valence-corrected chi connectivity index (χ2v) is 7.07. The number of nitrogens with zero attached hydrogens (tertiary/aromatic N) is 3. The maximum absolute atomic E-state index is 6.10. The number of anilines is 1. The molecule has 2 N–H and O–H groups in total. The summed E-state index contributed by atoms with van der Waals surface area (Å²) in [6, 6.07) is 8.13. The Kier molecular flexibility index (Phi) is 10.3. The summed E-state index contributed by atoms with van der Waals surface area (Å²) >= 11 is 6.10. The lowest BCUT2D eigenvalue weighted by molar-refractivity contribution is 0.145. The molecule has 1 heterocycles. The highest BCUT2D eigenvalue weighted by Crippen LogP contribution is 2.20. The smallest absolute Gasteiger partial charge is 0.190 e. The van der Waals surface area contributed by atoms with Crippen LogP contribution >= 0.6 is 11.6 Å². The summed E-state index contributed by atoms with van der Waals surface area (Å²) in [5, 5.41) is 7.52. The van der Waals surface area contributed by atoms with Gasteiger partial charge in [-0.05, 0) is 44.5 Å². The van der Waals surface area contributed by atoms with Gasteiger partial charge in [0, 0.05) is 70.2 Å². The van der Waals surface area contributed by atoms with Crippen LogP contribution in [0, 0.1) is 0 Å². The Balaban J connectivity index is 1.56. The first-order valence-electron chi connectivity index (χ1n) is 9.98. The first-order valence-corrected chi connectivity index (χ1v) is 10.4. The number of hydrogen-bond donors (Lipinski definition) is 2. The molecule has 1 fully saturated rings. The maximum Gasteiger partial charge on any atom is 0.190 e. The third kappa shape index (κ3) is 8.37. The molecule has 0 atom stereocenters. The Morgan fingerprint density at radius 1 is 1.15 bits per heavy atom. The molecule has 6 nitrogen and oxygen atoms in total. The molecular formula is C20H34ClN5O. The monoisotopic (exact) mass is 395 g/mol. The number of rotatable bonds is 10. The highest BCUT2D eigenvalue weighted by molar-refractivity contribution is 6.30. The van der Waals surface area contributed by atoms with Gasteiger partial charge in [0.1, 0.15) is 0 Å². The fraction of sp³-hybridized carbons (Fsp3) is 0.650. The van der Waals surface area contributed by atoms with Gasteiger partial charge < -0.3 is 20.3 Å². The van der Waals surface area contributed by atoms with E-state index < -0.39 is 0 Å². The molecule has 0 amide bonds. The van der Waals surface area contributed by atoms with Crippen LogP contribution in [0.4, 0.5) is 5.69 Å². The lowest BCUT2D eigenvalue weighted by Crippen LogP contribution is -2.47. The Bertz CT molecular complexity index is 561. The topological polar surface area (TPSA) is 52.1 Å². The molecular weight excluding hydrogens is 362 g/mol. The molecule has 1 aromatic carbocycles. The van der Waals surface area contributed by atoms with Gasteiger partial charge >= 0.3 is 0 Å². The molecule has 7 heteroatoms. The predicted octanol–water partition coefficient (Wildman–Crippen LogP) is 2.44. The molecule has 1 aliphatic heterocycles. The van der Waals surface area contributed by atoms with E-state index in [9.17, 15) is 0 Å². The first kappa shape index (κ1) is 21.8. The largest absolute Gasteiger partial charge is 0.382 e. The molecule has 27 heavy (non-hydrogen) atoms. The van der Waals surface area contributed by atoms with E-state index in [2.05, 4.69) is 31.5 Å². The minimum Gasteiger partial charge on any atom is -0.382 e. The van der Waals surface area contributed by atoms with Crippen LogP contribution in [0.15, 0.2) is 29.3 Å². The second-order valence-electron chi connectivity index (χ2n) is 6.64. The van der Waals surface area contributed by atoms with Crippen molar-refractivity contribution >= 4 is 23.2 Å².